The van der Waals surface area contributed by atoms with Crippen LogP contribution in [0.4, 0.5) is 0 Å². The van der Waals surface area contributed by atoms with E-state index in [9.17, 15) is 4.79 Å². The van der Waals surface area contributed by atoms with Crippen LogP contribution in [-0.4, -0.2) is 30.0 Å². The summed E-state index contributed by atoms with van der Waals surface area (Å²) >= 11 is 0. The number of amides is 1. The highest BCUT2D eigenvalue weighted by Crippen LogP contribution is 2.29. The van der Waals surface area contributed by atoms with Crippen molar-refractivity contribution in [2.24, 2.45) is 5.73 Å². The van der Waals surface area contributed by atoms with Gasteiger partial charge in [-0.1, -0.05) is 48.0 Å². The summed E-state index contributed by atoms with van der Waals surface area (Å²) in [6.07, 6.45) is 1.16. The molecule has 2 aromatic carbocycles. The van der Waals surface area contributed by atoms with E-state index < -0.39 is 6.10 Å². The highest BCUT2D eigenvalue weighted by atomic mass is 16.5. The van der Waals surface area contributed by atoms with E-state index in [-0.39, 0.29) is 5.91 Å². The van der Waals surface area contributed by atoms with Crippen molar-refractivity contribution in [3.8, 4) is 5.75 Å². The maximum atomic E-state index is 12.9. The average molecular weight is 324 g/mol. The summed E-state index contributed by atoms with van der Waals surface area (Å²) in [5.41, 5.74) is 9.22. The minimum absolute atomic E-state index is 0.0236. The van der Waals surface area contributed by atoms with E-state index >= 15 is 0 Å². The quantitative estimate of drug-likeness (QED) is 0.920. The maximum Gasteiger partial charge on any atom is 0.263 e. The number of aryl methyl sites for hydroxylation is 2. The van der Waals surface area contributed by atoms with Crippen molar-refractivity contribution in [1.82, 2.24) is 4.90 Å². The lowest BCUT2D eigenvalue weighted by molar-refractivity contribution is -0.140. The third-order valence-electron chi connectivity index (χ3n) is 4.36. The van der Waals surface area contributed by atoms with Gasteiger partial charge in [0.25, 0.3) is 5.91 Å². The van der Waals surface area contributed by atoms with Crippen LogP contribution in [0.3, 0.4) is 0 Å². The van der Waals surface area contributed by atoms with Gasteiger partial charge in [0.2, 0.25) is 0 Å². The zero-order valence-electron chi connectivity index (χ0n) is 14.1. The molecule has 4 heteroatoms. The molecular weight excluding hydrogens is 300 g/mol. The Morgan fingerprint density at radius 1 is 1.25 bits per heavy atom. The fourth-order valence-electron chi connectivity index (χ4n) is 3.12. The first-order valence-electron chi connectivity index (χ1n) is 8.46. The van der Waals surface area contributed by atoms with Crippen LogP contribution < -0.4 is 10.5 Å². The van der Waals surface area contributed by atoms with Gasteiger partial charge < -0.3 is 15.4 Å². The van der Waals surface area contributed by atoms with Crippen molar-refractivity contribution in [2.45, 2.75) is 32.4 Å². The van der Waals surface area contributed by atoms with E-state index in [1.807, 2.05) is 42.5 Å². The fourth-order valence-corrected chi connectivity index (χ4v) is 3.12. The smallest absolute Gasteiger partial charge is 0.263 e. The number of hydrogen-bond acceptors (Lipinski definition) is 3. The molecule has 0 aliphatic carbocycles. The van der Waals surface area contributed by atoms with Crippen molar-refractivity contribution >= 4 is 5.91 Å². The largest absolute Gasteiger partial charge is 0.480 e. The van der Waals surface area contributed by atoms with Crippen LogP contribution >= 0.6 is 0 Å². The van der Waals surface area contributed by atoms with Gasteiger partial charge >= 0.3 is 0 Å². The molecular formula is C20H24N2O2. The second-order valence-corrected chi connectivity index (χ2v) is 6.29. The molecule has 1 aliphatic heterocycles. The van der Waals surface area contributed by atoms with Crippen molar-refractivity contribution in [1.29, 1.82) is 0 Å². The summed E-state index contributed by atoms with van der Waals surface area (Å²) in [5.74, 6) is 0.855. The van der Waals surface area contributed by atoms with Crippen LogP contribution in [0.15, 0.2) is 48.5 Å². The van der Waals surface area contributed by atoms with E-state index in [1.165, 1.54) is 11.1 Å². The Kier molecular flexibility index (Phi) is 5.16. The molecule has 0 saturated heterocycles. The zero-order valence-corrected chi connectivity index (χ0v) is 14.1. The van der Waals surface area contributed by atoms with Gasteiger partial charge in [0, 0.05) is 19.6 Å². The zero-order chi connectivity index (χ0) is 16.9. The van der Waals surface area contributed by atoms with E-state index in [4.69, 9.17) is 10.5 Å². The second kappa shape index (κ2) is 7.49. The topological polar surface area (TPSA) is 55.6 Å². The van der Waals surface area contributed by atoms with Crippen molar-refractivity contribution in [3.05, 3.63) is 65.2 Å². The van der Waals surface area contributed by atoms with Gasteiger partial charge in [-0.3, -0.25) is 4.79 Å². The molecule has 0 saturated carbocycles. The van der Waals surface area contributed by atoms with Gasteiger partial charge in [-0.15, -0.1) is 0 Å². The number of carbonyl (C=O) groups excluding carboxylic acids is 1. The first-order valence-corrected chi connectivity index (χ1v) is 8.46. The summed E-state index contributed by atoms with van der Waals surface area (Å²) < 4.78 is 5.98. The first-order chi connectivity index (χ1) is 11.7. The molecule has 3 rings (SSSR count). The Balaban J connectivity index is 1.72. The number of fused-ring (bicyclic) bond motifs is 1. The lowest BCUT2D eigenvalue weighted by Crippen LogP contribution is -2.45. The summed E-state index contributed by atoms with van der Waals surface area (Å²) in [7, 11) is 0. The predicted molar refractivity (Wildman–Crippen MR) is 94.8 cm³/mol. The molecule has 1 heterocycles. The Morgan fingerprint density at radius 3 is 2.79 bits per heavy atom. The highest BCUT2D eigenvalue weighted by molar-refractivity contribution is 5.81. The van der Waals surface area contributed by atoms with E-state index in [0.29, 0.717) is 26.1 Å². The van der Waals surface area contributed by atoms with Crippen molar-refractivity contribution < 1.29 is 9.53 Å². The Hall–Kier alpha value is -2.33. The van der Waals surface area contributed by atoms with Gasteiger partial charge in [0.05, 0.1) is 0 Å². The van der Waals surface area contributed by atoms with Crippen LogP contribution in [0.2, 0.25) is 0 Å². The monoisotopic (exact) mass is 324 g/mol. The number of ether oxygens (including phenoxy) is 1. The molecule has 126 valence electrons. The number of rotatable bonds is 5. The third kappa shape index (κ3) is 3.77. The fraction of sp³-hybridized carbons (Fsp3) is 0.350. The number of benzene rings is 2. The number of nitrogens with two attached hydrogens (primary N) is 1. The van der Waals surface area contributed by atoms with E-state index in [2.05, 4.69) is 13.0 Å². The molecule has 1 atom stereocenters. The summed E-state index contributed by atoms with van der Waals surface area (Å²) in [6.45, 7) is 3.62. The standard InChI is InChI=1S/C20H24N2O2/c1-15-7-9-18-17(13-15)8-10-19(24-18)20(23)22(12-11-21)14-16-5-3-2-4-6-16/h2-7,9,13,19H,8,10-12,14,21H2,1H3. The molecule has 1 unspecified atom stereocenters. The molecule has 24 heavy (non-hydrogen) atoms. The third-order valence-corrected chi connectivity index (χ3v) is 4.36. The molecule has 0 bridgehead atoms. The first kappa shape index (κ1) is 16.5. The van der Waals surface area contributed by atoms with Gasteiger partial charge in [0.15, 0.2) is 6.10 Å². The van der Waals surface area contributed by atoms with Gasteiger partial charge in [-0.25, -0.2) is 0 Å². The van der Waals surface area contributed by atoms with Crippen LogP contribution in [0.25, 0.3) is 0 Å². The molecule has 0 spiro atoms. The van der Waals surface area contributed by atoms with E-state index in [0.717, 1.165) is 17.7 Å². The summed E-state index contributed by atoms with van der Waals surface area (Å²) in [4.78, 5) is 14.7. The average Bonchev–Trinajstić information content (AvgIpc) is 2.61. The van der Waals surface area contributed by atoms with Crippen molar-refractivity contribution in [2.75, 3.05) is 13.1 Å². The van der Waals surface area contributed by atoms with Crippen molar-refractivity contribution in [3.63, 3.8) is 0 Å². The highest BCUT2D eigenvalue weighted by Gasteiger charge is 2.29. The SMILES string of the molecule is Cc1ccc2c(c1)CCC(C(=O)N(CCN)Cc1ccccc1)O2. The Morgan fingerprint density at radius 2 is 2.04 bits per heavy atom. The molecule has 2 N–H and O–H groups in total. The van der Waals surface area contributed by atoms with Gasteiger partial charge in [0.1, 0.15) is 5.75 Å². The Bertz CT molecular complexity index is 700. The number of carbonyl (C=O) groups is 1. The van der Waals surface area contributed by atoms with Gasteiger partial charge in [-0.2, -0.15) is 0 Å². The minimum Gasteiger partial charge on any atom is -0.480 e. The molecule has 0 fully saturated rings. The number of nitrogens with zero attached hydrogens (tertiary/aromatic N) is 1. The molecule has 1 aliphatic rings. The van der Waals surface area contributed by atoms with Crippen LogP contribution in [0.5, 0.6) is 5.75 Å². The van der Waals surface area contributed by atoms with Crippen LogP contribution in [0, 0.1) is 6.92 Å². The minimum atomic E-state index is -0.421. The maximum absolute atomic E-state index is 12.9. The van der Waals surface area contributed by atoms with Crippen LogP contribution in [-0.2, 0) is 17.8 Å². The van der Waals surface area contributed by atoms with E-state index in [1.54, 1.807) is 4.90 Å². The molecule has 2 aromatic rings. The lowest BCUT2D eigenvalue weighted by atomic mass is 9.99. The summed E-state index contributed by atoms with van der Waals surface area (Å²) in [5, 5.41) is 0. The molecule has 0 aromatic heterocycles. The second-order valence-electron chi connectivity index (χ2n) is 6.29. The Labute approximate surface area is 143 Å². The van der Waals surface area contributed by atoms with Gasteiger partial charge in [-0.05, 0) is 37.0 Å². The predicted octanol–water partition coefficient (Wildman–Crippen LogP) is 2.68. The lowest BCUT2D eigenvalue weighted by Gasteiger charge is -2.31. The molecule has 4 nitrogen and oxygen atoms in total. The molecule has 0 radical (unpaired) electrons. The molecule has 1 amide bonds. The number of hydrogen-bond donors (Lipinski definition) is 1. The summed E-state index contributed by atoms with van der Waals surface area (Å²) in [6, 6.07) is 16.1. The van der Waals surface area contributed by atoms with Crippen LogP contribution in [0.1, 0.15) is 23.1 Å². The normalized spacial score (nSPS) is 16.2.